The number of aryl methyl sites for hydroxylation is 2. The third kappa shape index (κ3) is 5.56. The van der Waals surface area contributed by atoms with Gasteiger partial charge in [0, 0.05) is 30.5 Å². The Morgan fingerprint density at radius 3 is 1.88 bits per heavy atom. The zero-order valence-corrected chi connectivity index (χ0v) is 15.6. The van der Waals surface area contributed by atoms with Gasteiger partial charge in [-0.25, -0.2) is 13.3 Å². The summed E-state index contributed by atoms with van der Waals surface area (Å²) in [6.45, 7) is 0.776. The van der Waals surface area contributed by atoms with Crippen molar-refractivity contribution < 1.29 is 35.1 Å². The third-order valence-corrected chi connectivity index (χ3v) is 4.06. The van der Waals surface area contributed by atoms with E-state index in [0.29, 0.717) is 5.56 Å². The molecule has 0 aliphatic carbocycles. The van der Waals surface area contributed by atoms with Crippen LogP contribution in [0.3, 0.4) is 0 Å². The first-order chi connectivity index (χ1) is 12.1. The molecule has 26 heavy (non-hydrogen) atoms. The van der Waals surface area contributed by atoms with Gasteiger partial charge in [0.1, 0.15) is 11.6 Å². The Bertz CT molecular complexity index is 847. The summed E-state index contributed by atoms with van der Waals surface area (Å²) in [7, 11) is 0. The molecule has 3 rings (SSSR count). The molecule has 2 nitrogen and oxygen atoms in total. The van der Waals surface area contributed by atoms with Crippen LogP contribution in [-0.2, 0) is 19.4 Å². The van der Waals surface area contributed by atoms with Gasteiger partial charge in [0.25, 0.3) is 0 Å². The fourth-order valence-electron chi connectivity index (χ4n) is 2.59. The molecule has 0 radical (unpaired) electrons. The number of rotatable bonds is 6. The van der Waals surface area contributed by atoms with Gasteiger partial charge in [-0.2, -0.15) is 0 Å². The number of hydrogen-bond acceptors (Lipinski definition) is 1. The first-order valence-electron chi connectivity index (χ1n) is 8.11. The van der Waals surface area contributed by atoms with E-state index >= 15 is 0 Å². The average Bonchev–Trinajstić information content (AvgIpc) is 2.63. The maximum Gasteiger partial charge on any atom is 0.169 e. The van der Waals surface area contributed by atoms with E-state index in [1.54, 1.807) is 12.1 Å². The number of hydrogen-bond donors (Lipinski definition) is 0. The van der Waals surface area contributed by atoms with Crippen LogP contribution in [0.15, 0.2) is 73.1 Å². The van der Waals surface area contributed by atoms with Crippen molar-refractivity contribution in [2.75, 3.05) is 0 Å². The largest absolute Gasteiger partial charge is 1.00 e. The minimum absolute atomic E-state index is 0. The lowest BCUT2D eigenvalue weighted by Gasteiger charge is -2.02. The van der Waals surface area contributed by atoms with E-state index in [0.717, 1.165) is 24.1 Å². The minimum atomic E-state index is -0.349. The molecule has 0 aliphatic heterocycles. The van der Waals surface area contributed by atoms with Crippen LogP contribution < -0.4 is 21.5 Å². The number of aromatic nitrogens is 1. The number of ketones is 1. The molecule has 0 N–H and O–H groups in total. The summed E-state index contributed by atoms with van der Waals surface area (Å²) in [5.41, 5.74) is 2.49. The first-order valence-corrected chi connectivity index (χ1v) is 8.11. The summed E-state index contributed by atoms with van der Waals surface area (Å²) >= 11 is 0. The lowest BCUT2D eigenvalue weighted by molar-refractivity contribution is -0.696. The second-order valence-electron chi connectivity index (χ2n) is 5.93. The molecule has 0 unspecified atom stereocenters. The van der Waals surface area contributed by atoms with E-state index in [-0.39, 0.29) is 40.8 Å². The number of pyridine rings is 1. The highest BCUT2D eigenvalue weighted by atomic mass is 79.9. The molecule has 5 heteroatoms. The van der Waals surface area contributed by atoms with E-state index in [4.69, 9.17) is 0 Å². The molecule has 0 aliphatic rings. The summed E-state index contributed by atoms with van der Waals surface area (Å²) in [6, 6.07) is 15.9. The van der Waals surface area contributed by atoms with Gasteiger partial charge in [-0.3, -0.25) is 4.79 Å². The van der Waals surface area contributed by atoms with Gasteiger partial charge in [-0.05, 0) is 47.5 Å². The fourth-order valence-corrected chi connectivity index (χ4v) is 2.59. The minimum Gasteiger partial charge on any atom is -1.00 e. The molecule has 0 saturated carbocycles. The Balaban J connectivity index is 0.00000243. The van der Waals surface area contributed by atoms with Gasteiger partial charge in [0.15, 0.2) is 24.7 Å². The molecule has 0 amide bonds. The third-order valence-electron chi connectivity index (χ3n) is 4.06. The standard InChI is InChI=1S/C21H18F2NO.BrH/c22-19-5-1-16(2-6-19)9-12-24-13-10-17(11-14-24)15-21(25)18-3-7-20(23)8-4-18;/h1-8,10-11,13-14H,9,12,15H2;1H/q+1;/p-1. The molecule has 1 heterocycles. The monoisotopic (exact) mass is 417 g/mol. The fraction of sp³-hybridized carbons (Fsp3) is 0.143. The Hall–Kier alpha value is -2.40. The van der Waals surface area contributed by atoms with E-state index in [9.17, 15) is 13.6 Å². The molecule has 1 aromatic heterocycles. The van der Waals surface area contributed by atoms with E-state index < -0.39 is 0 Å². The van der Waals surface area contributed by atoms with Gasteiger partial charge in [-0.1, -0.05) is 12.1 Å². The van der Waals surface area contributed by atoms with Crippen LogP contribution in [0.2, 0.25) is 0 Å². The van der Waals surface area contributed by atoms with Crippen LogP contribution in [0.25, 0.3) is 0 Å². The second kappa shape index (κ2) is 9.34. The van der Waals surface area contributed by atoms with Gasteiger partial charge in [-0.15, -0.1) is 0 Å². The normalized spacial score (nSPS) is 10.2. The summed E-state index contributed by atoms with van der Waals surface area (Å²) < 4.78 is 27.8. The van der Waals surface area contributed by atoms with Crippen LogP contribution in [0.1, 0.15) is 21.5 Å². The Morgan fingerprint density at radius 2 is 1.31 bits per heavy atom. The summed E-state index contributed by atoms with van der Waals surface area (Å²) in [5.74, 6) is -0.617. The average molecular weight is 418 g/mol. The highest BCUT2D eigenvalue weighted by Gasteiger charge is 2.09. The van der Waals surface area contributed by atoms with E-state index in [1.807, 2.05) is 29.1 Å². The Labute approximate surface area is 161 Å². The zero-order chi connectivity index (χ0) is 17.6. The molecule has 0 saturated heterocycles. The predicted octanol–water partition coefficient (Wildman–Crippen LogP) is 0.924. The van der Waals surface area contributed by atoms with Crippen LogP contribution in [-0.4, -0.2) is 5.78 Å². The number of Topliss-reactive ketones (excluding diaryl/α,β-unsaturated/α-hetero) is 1. The maximum atomic E-state index is 12.9. The smallest absolute Gasteiger partial charge is 0.169 e. The first kappa shape index (κ1) is 19.9. The molecular formula is C21H18BrF2NO. The highest BCUT2D eigenvalue weighted by molar-refractivity contribution is 5.97. The van der Waals surface area contributed by atoms with Gasteiger partial charge < -0.3 is 17.0 Å². The van der Waals surface area contributed by atoms with Crippen molar-refractivity contribution in [1.82, 2.24) is 0 Å². The number of nitrogens with zero attached hydrogens (tertiary/aromatic N) is 1. The molecule has 3 aromatic rings. The second-order valence-corrected chi connectivity index (χ2v) is 5.93. The maximum absolute atomic E-state index is 12.9. The van der Waals surface area contributed by atoms with Crippen molar-refractivity contribution in [2.24, 2.45) is 0 Å². The highest BCUT2D eigenvalue weighted by Crippen LogP contribution is 2.08. The molecule has 0 spiro atoms. The molecule has 2 aromatic carbocycles. The van der Waals surface area contributed by atoms with Crippen LogP contribution >= 0.6 is 0 Å². The molecular weight excluding hydrogens is 400 g/mol. The molecule has 0 fully saturated rings. The van der Waals surface area contributed by atoms with Crippen LogP contribution in [0.4, 0.5) is 8.78 Å². The van der Waals surface area contributed by atoms with Gasteiger partial charge in [0.05, 0.1) is 0 Å². The van der Waals surface area contributed by atoms with Crippen molar-refractivity contribution in [1.29, 1.82) is 0 Å². The van der Waals surface area contributed by atoms with Crippen LogP contribution in [0, 0.1) is 11.6 Å². The van der Waals surface area contributed by atoms with Crippen molar-refractivity contribution in [2.45, 2.75) is 19.4 Å². The van der Waals surface area contributed by atoms with Crippen molar-refractivity contribution in [3.8, 4) is 0 Å². The van der Waals surface area contributed by atoms with Crippen LogP contribution in [0.5, 0.6) is 0 Å². The van der Waals surface area contributed by atoms with Gasteiger partial charge >= 0.3 is 0 Å². The number of halogens is 3. The number of carbonyl (C=O) groups is 1. The Morgan fingerprint density at radius 1 is 0.769 bits per heavy atom. The van der Waals surface area contributed by atoms with E-state index in [2.05, 4.69) is 0 Å². The van der Waals surface area contributed by atoms with Crippen molar-refractivity contribution in [3.05, 3.63) is 101 Å². The topological polar surface area (TPSA) is 20.9 Å². The van der Waals surface area contributed by atoms with Crippen molar-refractivity contribution in [3.63, 3.8) is 0 Å². The summed E-state index contributed by atoms with van der Waals surface area (Å²) in [6.07, 6.45) is 4.94. The van der Waals surface area contributed by atoms with Gasteiger partial charge in [0.2, 0.25) is 0 Å². The SMILES string of the molecule is O=C(Cc1cc[n+](CCc2ccc(F)cc2)cc1)c1ccc(F)cc1.[Br-]. The predicted molar refractivity (Wildman–Crippen MR) is 91.2 cm³/mol. The lowest BCUT2D eigenvalue weighted by Crippen LogP contribution is -3.00. The van der Waals surface area contributed by atoms with Crippen molar-refractivity contribution >= 4 is 5.78 Å². The number of benzene rings is 2. The van der Waals surface area contributed by atoms with E-state index in [1.165, 1.54) is 36.4 Å². The summed E-state index contributed by atoms with van der Waals surface area (Å²) in [4.78, 5) is 12.2. The molecule has 0 bridgehead atoms. The molecule has 0 atom stereocenters. The zero-order valence-electron chi connectivity index (χ0n) is 14.0. The summed E-state index contributed by atoms with van der Waals surface area (Å²) in [5, 5.41) is 0. The molecule has 134 valence electrons. The number of carbonyl (C=O) groups excluding carboxylic acids is 1. The lowest BCUT2D eigenvalue weighted by atomic mass is 10.0. The Kier molecular flexibility index (Phi) is 7.16. The quantitative estimate of drug-likeness (QED) is 0.431.